The summed E-state index contributed by atoms with van der Waals surface area (Å²) < 4.78 is 10.9. The van der Waals surface area contributed by atoms with Gasteiger partial charge in [-0.25, -0.2) is 0 Å². The Bertz CT molecular complexity index is 402. The van der Waals surface area contributed by atoms with E-state index in [9.17, 15) is 0 Å². The van der Waals surface area contributed by atoms with Crippen LogP contribution in [-0.4, -0.2) is 52.6 Å². The molecule has 4 nitrogen and oxygen atoms in total. The second-order valence-corrected chi connectivity index (χ2v) is 5.41. The van der Waals surface area contributed by atoms with Crippen molar-refractivity contribution in [1.29, 1.82) is 0 Å². The van der Waals surface area contributed by atoms with E-state index >= 15 is 0 Å². The molecule has 0 unspecified atom stereocenters. The predicted molar refractivity (Wildman–Crippen MR) is 81.9 cm³/mol. The SMILES string of the molecule is CCc1cc(N2CCOCC2)cc(N2CCOCC2)c1. The summed E-state index contributed by atoms with van der Waals surface area (Å²) in [4.78, 5) is 4.87. The van der Waals surface area contributed by atoms with Gasteiger partial charge < -0.3 is 19.3 Å². The zero-order chi connectivity index (χ0) is 13.8. The van der Waals surface area contributed by atoms with E-state index in [-0.39, 0.29) is 0 Å². The zero-order valence-corrected chi connectivity index (χ0v) is 12.3. The molecule has 0 spiro atoms. The van der Waals surface area contributed by atoms with Gasteiger partial charge in [-0.2, -0.15) is 0 Å². The van der Waals surface area contributed by atoms with Gasteiger partial charge in [0.25, 0.3) is 0 Å². The Morgan fingerprint density at radius 3 is 1.65 bits per heavy atom. The lowest BCUT2D eigenvalue weighted by atomic mass is 10.1. The molecule has 4 heteroatoms. The van der Waals surface area contributed by atoms with Gasteiger partial charge in [0.2, 0.25) is 0 Å². The fraction of sp³-hybridized carbons (Fsp3) is 0.625. The highest BCUT2D eigenvalue weighted by molar-refractivity contribution is 5.62. The summed E-state index contributed by atoms with van der Waals surface area (Å²) in [5, 5.41) is 0. The molecule has 2 aliphatic heterocycles. The molecule has 0 amide bonds. The molecular weight excluding hydrogens is 252 g/mol. The van der Waals surface area contributed by atoms with Crippen LogP contribution in [0.4, 0.5) is 11.4 Å². The molecule has 3 rings (SSSR count). The van der Waals surface area contributed by atoms with Crippen molar-refractivity contribution in [2.75, 3.05) is 62.4 Å². The van der Waals surface area contributed by atoms with Gasteiger partial charge >= 0.3 is 0 Å². The third-order valence-electron chi connectivity index (χ3n) is 4.12. The van der Waals surface area contributed by atoms with E-state index in [4.69, 9.17) is 9.47 Å². The number of rotatable bonds is 3. The van der Waals surface area contributed by atoms with E-state index in [1.54, 1.807) is 0 Å². The average molecular weight is 276 g/mol. The maximum atomic E-state index is 5.46. The van der Waals surface area contributed by atoms with Gasteiger partial charge in [0.05, 0.1) is 26.4 Å². The molecule has 2 heterocycles. The number of hydrogen-bond donors (Lipinski definition) is 0. The van der Waals surface area contributed by atoms with Crippen molar-refractivity contribution in [3.05, 3.63) is 23.8 Å². The molecule has 20 heavy (non-hydrogen) atoms. The minimum absolute atomic E-state index is 0.837. The van der Waals surface area contributed by atoms with Crippen LogP contribution in [-0.2, 0) is 15.9 Å². The van der Waals surface area contributed by atoms with Gasteiger partial charge in [0.15, 0.2) is 0 Å². The highest BCUT2D eigenvalue weighted by Gasteiger charge is 2.16. The minimum Gasteiger partial charge on any atom is -0.378 e. The van der Waals surface area contributed by atoms with Gasteiger partial charge in [-0.05, 0) is 30.2 Å². The first kappa shape index (κ1) is 13.7. The summed E-state index contributed by atoms with van der Waals surface area (Å²) >= 11 is 0. The number of benzene rings is 1. The maximum absolute atomic E-state index is 5.46. The molecule has 0 saturated carbocycles. The Balaban J connectivity index is 1.85. The Labute approximate surface area is 121 Å². The summed E-state index contributed by atoms with van der Waals surface area (Å²) in [6.45, 7) is 9.55. The Morgan fingerprint density at radius 2 is 1.25 bits per heavy atom. The first-order chi connectivity index (χ1) is 9.86. The predicted octanol–water partition coefficient (Wildman–Crippen LogP) is 1.92. The highest BCUT2D eigenvalue weighted by Crippen LogP contribution is 2.27. The Hall–Kier alpha value is -1.26. The molecule has 0 aromatic heterocycles. The van der Waals surface area contributed by atoms with Crippen LogP contribution < -0.4 is 9.80 Å². The fourth-order valence-electron chi connectivity index (χ4n) is 2.87. The lowest BCUT2D eigenvalue weighted by Gasteiger charge is -2.33. The van der Waals surface area contributed by atoms with E-state index in [2.05, 4.69) is 34.9 Å². The Kier molecular flexibility index (Phi) is 4.43. The van der Waals surface area contributed by atoms with Crippen molar-refractivity contribution in [2.24, 2.45) is 0 Å². The van der Waals surface area contributed by atoms with E-state index < -0.39 is 0 Å². The number of hydrogen-bond acceptors (Lipinski definition) is 4. The zero-order valence-electron chi connectivity index (χ0n) is 12.3. The first-order valence-corrected chi connectivity index (χ1v) is 7.66. The molecule has 0 bridgehead atoms. The van der Waals surface area contributed by atoms with Crippen molar-refractivity contribution in [3.63, 3.8) is 0 Å². The lowest BCUT2D eigenvalue weighted by Crippen LogP contribution is -2.38. The number of anilines is 2. The van der Waals surface area contributed by atoms with Crippen molar-refractivity contribution in [1.82, 2.24) is 0 Å². The van der Waals surface area contributed by atoms with Gasteiger partial charge in [-0.3, -0.25) is 0 Å². The number of morpholine rings is 2. The van der Waals surface area contributed by atoms with E-state index in [0.29, 0.717) is 0 Å². The van der Waals surface area contributed by atoms with Crippen molar-refractivity contribution < 1.29 is 9.47 Å². The average Bonchev–Trinajstić information content (AvgIpc) is 2.56. The van der Waals surface area contributed by atoms with Gasteiger partial charge in [0.1, 0.15) is 0 Å². The van der Waals surface area contributed by atoms with Crippen molar-refractivity contribution >= 4 is 11.4 Å². The first-order valence-electron chi connectivity index (χ1n) is 7.66. The van der Waals surface area contributed by atoms with E-state index in [1.807, 2.05) is 0 Å². The number of aryl methyl sites for hydroxylation is 1. The number of ether oxygens (including phenoxy) is 2. The van der Waals surface area contributed by atoms with Gasteiger partial charge in [-0.1, -0.05) is 6.92 Å². The van der Waals surface area contributed by atoms with E-state index in [0.717, 1.165) is 59.0 Å². The normalized spacial score (nSPS) is 20.2. The van der Waals surface area contributed by atoms with Crippen LogP contribution in [0.1, 0.15) is 12.5 Å². The summed E-state index contributed by atoms with van der Waals surface area (Å²) in [7, 11) is 0. The maximum Gasteiger partial charge on any atom is 0.0642 e. The summed E-state index contributed by atoms with van der Waals surface area (Å²) in [5.74, 6) is 0. The van der Waals surface area contributed by atoms with Crippen LogP contribution in [0.2, 0.25) is 0 Å². The molecule has 110 valence electrons. The van der Waals surface area contributed by atoms with Crippen LogP contribution >= 0.6 is 0 Å². The van der Waals surface area contributed by atoms with Gasteiger partial charge in [-0.15, -0.1) is 0 Å². The van der Waals surface area contributed by atoms with Crippen molar-refractivity contribution in [3.8, 4) is 0 Å². The van der Waals surface area contributed by atoms with Crippen LogP contribution in [0.5, 0.6) is 0 Å². The molecule has 1 aromatic rings. The lowest BCUT2D eigenvalue weighted by molar-refractivity contribution is 0.122. The fourth-order valence-corrected chi connectivity index (χ4v) is 2.87. The van der Waals surface area contributed by atoms with Crippen LogP contribution in [0.25, 0.3) is 0 Å². The highest BCUT2D eigenvalue weighted by atomic mass is 16.5. The van der Waals surface area contributed by atoms with Crippen LogP contribution in [0.15, 0.2) is 18.2 Å². The third-order valence-corrected chi connectivity index (χ3v) is 4.12. The smallest absolute Gasteiger partial charge is 0.0642 e. The molecule has 0 aliphatic carbocycles. The van der Waals surface area contributed by atoms with E-state index in [1.165, 1.54) is 16.9 Å². The quantitative estimate of drug-likeness (QED) is 0.842. The Morgan fingerprint density at radius 1 is 0.800 bits per heavy atom. The minimum atomic E-state index is 0.837. The largest absolute Gasteiger partial charge is 0.378 e. The molecule has 1 aromatic carbocycles. The second kappa shape index (κ2) is 6.46. The third kappa shape index (κ3) is 3.07. The standard InChI is InChI=1S/C16H24N2O2/c1-2-14-11-15(17-3-7-19-8-4-17)13-16(12-14)18-5-9-20-10-6-18/h11-13H,2-10H2,1H3. The van der Waals surface area contributed by atoms with Crippen LogP contribution in [0, 0.1) is 0 Å². The molecule has 2 saturated heterocycles. The molecule has 0 atom stereocenters. The monoisotopic (exact) mass is 276 g/mol. The summed E-state index contributed by atoms with van der Waals surface area (Å²) in [6.07, 6.45) is 1.08. The van der Waals surface area contributed by atoms with Crippen LogP contribution in [0.3, 0.4) is 0 Å². The molecule has 2 aliphatic rings. The number of nitrogens with zero attached hydrogens (tertiary/aromatic N) is 2. The summed E-state index contributed by atoms with van der Waals surface area (Å²) in [6, 6.07) is 6.99. The molecular formula is C16H24N2O2. The topological polar surface area (TPSA) is 24.9 Å². The van der Waals surface area contributed by atoms with Gasteiger partial charge in [0, 0.05) is 37.6 Å². The molecule has 2 fully saturated rings. The molecule has 0 N–H and O–H groups in total. The molecule has 0 radical (unpaired) electrons. The van der Waals surface area contributed by atoms with Crippen molar-refractivity contribution in [2.45, 2.75) is 13.3 Å². The summed E-state index contributed by atoms with van der Waals surface area (Å²) in [5.41, 5.74) is 4.10. The second-order valence-electron chi connectivity index (χ2n) is 5.41.